The minimum absolute atomic E-state index is 0.163. The number of rotatable bonds is 3. The Morgan fingerprint density at radius 1 is 1.31 bits per heavy atom. The van der Waals surface area contributed by atoms with Crippen LogP contribution >= 0.6 is 11.6 Å². The molecule has 5 rings (SSSR count). The van der Waals surface area contributed by atoms with Gasteiger partial charge in [0.2, 0.25) is 0 Å². The average molecular weight is 412 g/mol. The zero-order chi connectivity index (χ0) is 20.0. The number of hydrogen-bond acceptors (Lipinski definition) is 4. The molecule has 0 unspecified atom stereocenters. The zero-order valence-electron chi connectivity index (χ0n) is 16.2. The number of halogens is 1. The molecule has 0 fully saturated rings. The molecule has 1 N–H and O–H groups in total. The van der Waals surface area contributed by atoms with E-state index in [2.05, 4.69) is 20.0 Å². The molecule has 29 heavy (non-hydrogen) atoms. The van der Waals surface area contributed by atoms with Crippen LogP contribution in [-0.4, -0.2) is 31.8 Å². The fourth-order valence-corrected chi connectivity index (χ4v) is 4.37. The highest BCUT2D eigenvalue weighted by atomic mass is 35.5. The van der Waals surface area contributed by atoms with Crippen LogP contribution in [0.2, 0.25) is 5.02 Å². The third kappa shape index (κ3) is 3.14. The second-order valence-electron chi connectivity index (χ2n) is 7.60. The minimum atomic E-state index is -0.274. The Labute approximate surface area is 173 Å². The van der Waals surface area contributed by atoms with E-state index in [4.69, 9.17) is 16.3 Å². The molecule has 8 heteroatoms. The van der Waals surface area contributed by atoms with Gasteiger partial charge in [0.05, 0.1) is 53.9 Å². The molecule has 150 valence electrons. The quantitative estimate of drug-likeness (QED) is 0.717. The summed E-state index contributed by atoms with van der Waals surface area (Å²) in [5.41, 5.74) is 5.20. The molecule has 0 aliphatic carbocycles. The Kier molecular flexibility index (Phi) is 4.64. The largest absolute Gasteiger partial charge is 0.373 e. The Morgan fingerprint density at radius 2 is 2.21 bits per heavy atom. The van der Waals surface area contributed by atoms with E-state index in [0.29, 0.717) is 23.9 Å². The number of amides is 1. The van der Waals surface area contributed by atoms with Gasteiger partial charge in [0.25, 0.3) is 5.91 Å². The van der Waals surface area contributed by atoms with Crippen LogP contribution in [0.3, 0.4) is 0 Å². The molecule has 2 aliphatic rings. The third-order valence-electron chi connectivity index (χ3n) is 5.73. The van der Waals surface area contributed by atoms with Crippen LogP contribution < -0.4 is 5.32 Å². The van der Waals surface area contributed by atoms with Crippen molar-refractivity contribution in [3.05, 3.63) is 64.0 Å². The Balaban J connectivity index is 1.43. The van der Waals surface area contributed by atoms with Gasteiger partial charge in [-0.3, -0.25) is 4.79 Å². The van der Waals surface area contributed by atoms with Crippen molar-refractivity contribution in [1.29, 1.82) is 0 Å². The molecule has 2 aliphatic heterocycles. The molecule has 0 bridgehead atoms. The van der Waals surface area contributed by atoms with E-state index in [0.717, 1.165) is 54.0 Å². The number of fused-ring (bicyclic) bond motifs is 2. The number of aryl methyl sites for hydroxylation is 2. The molecule has 1 atom stereocenters. The van der Waals surface area contributed by atoms with E-state index in [1.54, 1.807) is 12.5 Å². The lowest BCUT2D eigenvalue weighted by atomic mass is 10.0. The summed E-state index contributed by atoms with van der Waals surface area (Å²) in [5, 5.41) is 8.30. The smallest absolute Gasteiger partial charge is 0.272 e. The minimum Gasteiger partial charge on any atom is -0.373 e. The first-order valence-corrected chi connectivity index (χ1v) is 10.3. The van der Waals surface area contributed by atoms with Gasteiger partial charge in [0.15, 0.2) is 0 Å². The van der Waals surface area contributed by atoms with Gasteiger partial charge in [-0.25, -0.2) is 9.67 Å². The highest BCUT2D eigenvalue weighted by Gasteiger charge is 2.29. The van der Waals surface area contributed by atoms with Crippen molar-refractivity contribution < 1.29 is 9.53 Å². The van der Waals surface area contributed by atoms with Crippen LogP contribution in [-0.2, 0) is 24.3 Å². The van der Waals surface area contributed by atoms with Crippen LogP contribution in [0.1, 0.15) is 51.9 Å². The van der Waals surface area contributed by atoms with Gasteiger partial charge >= 0.3 is 0 Å². The lowest BCUT2D eigenvalue weighted by Gasteiger charge is -2.25. The summed E-state index contributed by atoms with van der Waals surface area (Å²) < 4.78 is 9.68. The summed E-state index contributed by atoms with van der Waals surface area (Å²) in [6, 6.07) is 5.58. The normalized spacial score (nSPS) is 18.2. The maximum atomic E-state index is 12.9. The fourth-order valence-electron chi connectivity index (χ4n) is 4.16. The Morgan fingerprint density at radius 3 is 3.10 bits per heavy atom. The van der Waals surface area contributed by atoms with E-state index in [9.17, 15) is 4.79 Å². The highest BCUT2D eigenvalue weighted by Crippen LogP contribution is 2.31. The molecule has 1 amide bonds. The molecule has 4 heterocycles. The summed E-state index contributed by atoms with van der Waals surface area (Å²) in [5.74, 6) is -0.163. The summed E-state index contributed by atoms with van der Waals surface area (Å²) in [6.07, 6.45) is 6.67. The van der Waals surface area contributed by atoms with Gasteiger partial charge in [-0.2, -0.15) is 5.10 Å². The van der Waals surface area contributed by atoms with Crippen LogP contribution in [0.5, 0.6) is 0 Å². The van der Waals surface area contributed by atoms with Gasteiger partial charge in [-0.05, 0) is 37.8 Å². The number of nitrogens with one attached hydrogen (secondary N) is 1. The van der Waals surface area contributed by atoms with Crippen molar-refractivity contribution in [2.75, 3.05) is 6.61 Å². The molecule has 0 saturated carbocycles. The lowest BCUT2D eigenvalue weighted by molar-refractivity contribution is 0.0684. The molecule has 0 radical (unpaired) electrons. The first-order valence-electron chi connectivity index (χ1n) is 9.88. The average Bonchev–Trinajstić information content (AvgIpc) is 3.35. The summed E-state index contributed by atoms with van der Waals surface area (Å²) in [4.78, 5) is 17.3. The monoisotopic (exact) mass is 411 g/mol. The highest BCUT2D eigenvalue weighted by molar-refractivity contribution is 6.33. The molecule has 2 aromatic heterocycles. The molecule has 1 aromatic carbocycles. The van der Waals surface area contributed by atoms with E-state index >= 15 is 0 Å². The topological polar surface area (TPSA) is 74.0 Å². The van der Waals surface area contributed by atoms with Gasteiger partial charge in [-0.15, -0.1) is 0 Å². The number of imidazole rings is 1. The van der Waals surface area contributed by atoms with Crippen LogP contribution in [0.25, 0.3) is 5.69 Å². The van der Waals surface area contributed by atoms with Crippen molar-refractivity contribution in [3.63, 3.8) is 0 Å². The first kappa shape index (κ1) is 18.4. The molecule has 0 spiro atoms. The SMILES string of the molecule is Cc1cccc(-n2ncc3c2COC[C@H]3NC(=O)c2ncn3c2CCCC3)c1Cl. The number of carbonyl (C=O) groups is 1. The molecular weight excluding hydrogens is 390 g/mol. The van der Waals surface area contributed by atoms with E-state index < -0.39 is 0 Å². The summed E-state index contributed by atoms with van der Waals surface area (Å²) in [6.45, 7) is 3.72. The van der Waals surface area contributed by atoms with Crippen molar-refractivity contribution >= 4 is 17.5 Å². The van der Waals surface area contributed by atoms with Gasteiger partial charge in [-0.1, -0.05) is 23.7 Å². The second-order valence-corrected chi connectivity index (χ2v) is 7.98. The number of ether oxygens (including phenoxy) is 1. The fraction of sp³-hybridized carbons (Fsp3) is 0.381. The predicted molar refractivity (Wildman–Crippen MR) is 108 cm³/mol. The molecule has 7 nitrogen and oxygen atoms in total. The van der Waals surface area contributed by atoms with Crippen molar-refractivity contribution in [2.45, 2.75) is 45.4 Å². The third-order valence-corrected chi connectivity index (χ3v) is 6.22. The van der Waals surface area contributed by atoms with E-state index in [-0.39, 0.29) is 11.9 Å². The lowest BCUT2D eigenvalue weighted by Crippen LogP contribution is -2.35. The van der Waals surface area contributed by atoms with Crippen molar-refractivity contribution in [3.8, 4) is 5.69 Å². The van der Waals surface area contributed by atoms with Gasteiger partial charge in [0, 0.05) is 12.1 Å². The Bertz CT molecular complexity index is 1090. The summed E-state index contributed by atoms with van der Waals surface area (Å²) in [7, 11) is 0. The molecular formula is C21H22ClN5O2. The first-order chi connectivity index (χ1) is 14.1. The molecule has 3 aromatic rings. The van der Waals surface area contributed by atoms with E-state index in [1.165, 1.54) is 0 Å². The maximum absolute atomic E-state index is 12.9. The number of nitrogens with zero attached hydrogens (tertiary/aromatic N) is 4. The summed E-state index contributed by atoms with van der Waals surface area (Å²) >= 11 is 6.50. The second kappa shape index (κ2) is 7.31. The van der Waals surface area contributed by atoms with Gasteiger partial charge < -0.3 is 14.6 Å². The van der Waals surface area contributed by atoms with Crippen molar-refractivity contribution in [1.82, 2.24) is 24.6 Å². The van der Waals surface area contributed by atoms with Crippen LogP contribution in [0, 0.1) is 6.92 Å². The van der Waals surface area contributed by atoms with Crippen molar-refractivity contribution in [2.24, 2.45) is 0 Å². The van der Waals surface area contributed by atoms with Gasteiger partial charge in [0.1, 0.15) is 5.69 Å². The number of hydrogen-bond donors (Lipinski definition) is 1. The maximum Gasteiger partial charge on any atom is 0.272 e. The standard InChI is InChI=1S/C21H22ClN5O2/c1-13-5-4-7-16(19(13)22)27-18-11-29-10-15(14(18)9-24-27)25-21(28)20-17-6-2-3-8-26(17)12-23-20/h4-5,7,9,12,15H,2-3,6,8,10-11H2,1H3,(H,25,28)/t15-/m1/s1. The zero-order valence-corrected chi connectivity index (χ0v) is 16.9. The number of benzene rings is 1. The Hall–Kier alpha value is -2.64. The molecule has 0 saturated heterocycles. The van der Waals surface area contributed by atoms with Crippen LogP contribution in [0.4, 0.5) is 0 Å². The number of aromatic nitrogens is 4. The predicted octanol–water partition coefficient (Wildman–Crippen LogP) is 3.37. The van der Waals surface area contributed by atoms with E-state index in [1.807, 2.05) is 29.8 Å². The number of carbonyl (C=O) groups excluding carboxylic acids is 1. The van der Waals surface area contributed by atoms with Crippen LogP contribution in [0.15, 0.2) is 30.7 Å².